The van der Waals surface area contributed by atoms with Crippen molar-refractivity contribution in [2.75, 3.05) is 33.5 Å². The fraction of sp³-hybridized carbons (Fsp3) is 0.350. The van der Waals surface area contributed by atoms with Crippen LogP contribution in [0.25, 0.3) is 0 Å². The second-order valence-electron chi connectivity index (χ2n) is 6.44. The van der Waals surface area contributed by atoms with Crippen molar-refractivity contribution >= 4 is 17.5 Å². The number of hydrogen-bond acceptors (Lipinski definition) is 5. The van der Waals surface area contributed by atoms with E-state index in [0.717, 1.165) is 17.1 Å². The van der Waals surface area contributed by atoms with Crippen molar-refractivity contribution in [3.05, 3.63) is 53.1 Å². The Balaban J connectivity index is 1.40. The first-order chi connectivity index (χ1) is 13.0. The van der Waals surface area contributed by atoms with Crippen LogP contribution in [0, 0.1) is 0 Å². The van der Waals surface area contributed by atoms with Gasteiger partial charge in [-0.1, -0.05) is 17.7 Å². The van der Waals surface area contributed by atoms with Crippen LogP contribution in [0.4, 0.5) is 0 Å². The molecule has 2 aromatic carbocycles. The third kappa shape index (κ3) is 5.52. The normalized spacial score (nSPS) is 13.5. The van der Waals surface area contributed by atoms with Crippen LogP contribution in [-0.2, 0) is 4.79 Å². The van der Waals surface area contributed by atoms with Crippen LogP contribution >= 0.6 is 11.6 Å². The van der Waals surface area contributed by atoms with Crippen LogP contribution in [0.1, 0.15) is 18.5 Å². The zero-order valence-corrected chi connectivity index (χ0v) is 16.2. The molecule has 0 aliphatic carbocycles. The average Bonchev–Trinajstić information content (AvgIpc) is 3.11. The van der Waals surface area contributed by atoms with Gasteiger partial charge in [-0.05, 0) is 55.9 Å². The number of rotatable bonds is 8. The number of hydrogen-bond donors (Lipinski definition) is 1. The number of halogens is 1. The molecule has 1 aliphatic heterocycles. The van der Waals surface area contributed by atoms with E-state index in [9.17, 15) is 4.79 Å². The van der Waals surface area contributed by atoms with Crippen LogP contribution in [0.2, 0.25) is 5.02 Å². The lowest BCUT2D eigenvalue weighted by Gasteiger charge is -2.19. The molecule has 1 amide bonds. The SMILES string of the molecule is C[C@H](NC(=O)CN(C)CCOc1ccc(Cl)cc1)c1ccc2c(c1)OCO2. The van der Waals surface area contributed by atoms with Gasteiger partial charge < -0.3 is 19.5 Å². The van der Waals surface area contributed by atoms with Crippen LogP contribution in [-0.4, -0.2) is 44.3 Å². The number of likely N-dealkylation sites (N-methyl/N-ethyl adjacent to an activating group) is 1. The predicted octanol–water partition coefficient (Wildman–Crippen LogP) is 3.26. The van der Waals surface area contributed by atoms with Gasteiger partial charge in [0.1, 0.15) is 12.4 Å². The van der Waals surface area contributed by atoms with Crippen molar-refractivity contribution < 1.29 is 19.0 Å². The summed E-state index contributed by atoms with van der Waals surface area (Å²) in [6, 6.07) is 12.8. The van der Waals surface area contributed by atoms with Gasteiger partial charge in [0, 0.05) is 11.6 Å². The first-order valence-corrected chi connectivity index (χ1v) is 9.15. The van der Waals surface area contributed by atoms with Gasteiger partial charge in [-0.15, -0.1) is 0 Å². The Morgan fingerprint density at radius 3 is 2.74 bits per heavy atom. The number of amides is 1. The lowest BCUT2D eigenvalue weighted by molar-refractivity contribution is -0.122. The first-order valence-electron chi connectivity index (χ1n) is 8.77. The number of nitrogens with zero attached hydrogens (tertiary/aromatic N) is 1. The fourth-order valence-corrected chi connectivity index (χ4v) is 2.85. The molecule has 144 valence electrons. The molecule has 27 heavy (non-hydrogen) atoms. The van der Waals surface area contributed by atoms with E-state index >= 15 is 0 Å². The Hall–Kier alpha value is -2.44. The Labute approximate surface area is 164 Å². The molecule has 0 saturated heterocycles. The van der Waals surface area contributed by atoms with Crippen LogP contribution in [0.15, 0.2) is 42.5 Å². The van der Waals surface area contributed by atoms with E-state index < -0.39 is 0 Å². The Kier molecular flexibility index (Phi) is 6.42. The van der Waals surface area contributed by atoms with Gasteiger partial charge >= 0.3 is 0 Å². The monoisotopic (exact) mass is 390 g/mol. The van der Waals surface area contributed by atoms with Gasteiger partial charge in [-0.2, -0.15) is 0 Å². The number of ether oxygens (including phenoxy) is 3. The van der Waals surface area contributed by atoms with E-state index in [1.54, 1.807) is 12.1 Å². The molecule has 1 atom stereocenters. The zero-order chi connectivity index (χ0) is 19.2. The van der Waals surface area contributed by atoms with Crippen molar-refractivity contribution in [2.45, 2.75) is 13.0 Å². The van der Waals surface area contributed by atoms with Crippen molar-refractivity contribution in [1.82, 2.24) is 10.2 Å². The summed E-state index contributed by atoms with van der Waals surface area (Å²) in [5, 5.41) is 3.67. The van der Waals surface area contributed by atoms with E-state index in [4.69, 9.17) is 25.8 Å². The molecule has 0 radical (unpaired) electrons. The molecule has 0 unspecified atom stereocenters. The zero-order valence-electron chi connectivity index (χ0n) is 15.4. The maximum Gasteiger partial charge on any atom is 0.234 e. The number of carbonyl (C=O) groups is 1. The summed E-state index contributed by atoms with van der Waals surface area (Å²) in [4.78, 5) is 14.2. The molecule has 3 rings (SSSR count). The maximum absolute atomic E-state index is 12.3. The minimum atomic E-state index is -0.120. The topological polar surface area (TPSA) is 60.0 Å². The third-order valence-corrected chi connectivity index (χ3v) is 4.49. The molecule has 0 fully saturated rings. The average molecular weight is 391 g/mol. The van der Waals surface area contributed by atoms with Crippen molar-refractivity contribution in [1.29, 1.82) is 0 Å². The summed E-state index contributed by atoms with van der Waals surface area (Å²) in [6.45, 7) is 3.60. The molecule has 1 N–H and O–H groups in total. The lowest BCUT2D eigenvalue weighted by atomic mass is 10.1. The van der Waals surface area contributed by atoms with Gasteiger partial charge in [0.2, 0.25) is 12.7 Å². The van der Waals surface area contributed by atoms with Gasteiger partial charge in [0.25, 0.3) is 0 Å². The summed E-state index contributed by atoms with van der Waals surface area (Å²) >= 11 is 5.85. The van der Waals surface area contributed by atoms with Gasteiger partial charge in [0.15, 0.2) is 11.5 Å². The fourth-order valence-electron chi connectivity index (χ4n) is 2.73. The van der Waals surface area contributed by atoms with Crippen molar-refractivity contribution in [2.24, 2.45) is 0 Å². The second-order valence-corrected chi connectivity index (χ2v) is 6.88. The second kappa shape index (κ2) is 8.97. The van der Waals surface area contributed by atoms with Gasteiger partial charge in [-0.3, -0.25) is 9.69 Å². The van der Waals surface area contributed by atoms with Crippen LogP contribution in [0.5, 0.6) is 17.2 Å². The molecular formula is C20H23ClN2O4. The molecular weight excluding hydrogens is 368 g/mol. The van der Waals surface area contributed by atoms with E-state index in [2.05, 4.69) is 5.32 Å². The predicted molar refractivity (Wildman–Crippen MR) is 104 cm³/mol. The summed E-state index contributed by atoms with van der Waals surface area (Å²) in [6.07, 6.45) is 0. The van der Waals surface area contributed by atoms with E-state index in [0.29, 0.717) is 30.5 Å². The maximum atomic E-state index is 12.3. The molecule has 2 aromatic rings. The molecule has 0 saturated carbocycles. The summed E-state index contributed by atoms with van der Waals surface area (Å²) in [5.41, 5.74) is 0.973. The minimum absolute atomic E-state index is 0.0471. The quantitative estimate of drug-likeness (QED) is 0.749. The summed E-state index contributed by atoms with van der Waals surface area (Å²) < 4.78 is 16.3. The summed E-state index contributed by atoms with van der Waals surface area (Å²) in [7, 11) is 1.88. The van der Waals surface area contributed by atoms with Crippen LogP contribution < -0.4 is 19.5 Å². The number of fused-ring (bicyclic) bond motifs is 1. The highest BCUT2D eigenvalue weighted by molar-refractivity contribution is 6.30. The van der Waals surface area contributed by atoms with Gasteiger partial charge in [0.05, 0.1) is 12.6 Å². The number of benzene rings is 2. The lowest BCUT2D eigenvalue weighted by Crippen LogP contribution is -2.38. The molecule has 0 bridgehead atoms. The van der Waals surface area contributed by atoms with Crippen LogP contribution in [0.3, 0.4) is 0 Å². The highest BCUT2D eigenvalue weighted by Gasteiger charge is 2.17. The molecule has 7 heteroatoms. The van der Waals surface area contributed by atoms with Crippen molar-refractivity contribution in [3.8, 4) is 17.2 Å². The Morgan fingerprint density at radius 1 is 1.22 bits per heavy atom. The molecule has 0 aromatic heterocycles. The van der Waals surface area contributed by atoms with E-state index in [1.807, 2.05) is 49.2 Å². The first kappa shape index (κ1) is 19.3. The minimum Gasteiger partial charge on any atom is -0.492 e. The Morgan fingerprint density at radius 2 is 1.96 bits per heavy atom. The van der Waals surface area contributed by atoms with E-state index in [-0.39, 0.29) is 18.7 Å². The molecule has 0 spiro atoms. The van der Waals surface area contributed by atoms with Crippen molar-refractivity contribution in [3.63, 3.8) is 0 Å². The summed E-state index contributed by atoms with van der Waals surface area (Å²) in [5.74, 6) is 2.16. The van der Waals surface area contributed by atoms with Gasteiger partial charge in [-0.25, -0.2) is 0 Å². The molecule has 1 aliphatic rings. The molecule has 6 nitrogen and oxygen atoms in total. The standard InChI is InChI=1S/C20H23ClN2O4/c1-14(15-3-8-18-19(11-15)27-13-26-18)22-20(24)12-23(2)9-10-25-17-6-4-16(21)5-7-17/h3-8,11,14H,9-10,12-13H2,1-2H3,(H,22,24)/t14-/m0/s1. The third-order valence-electron chi connectivity index (χ3n) is 4.24. The largest absolute Gasteiger partial charge is 0.492 e. The van der Waals surface area contributed by atoms with E-state index in [1.165, 1.54) is 0 Å². The number of nitrogens with one attached hydrogen (secondary N) is 1. The Bertz CT molecular complexity index is 782. The smallest absolute Gasteiger partial charge is 0.234 e. The highest BCUT2D eigenvalue weighted by atomic mass is 35.5. The molecule has 1 heterocycles. The number of carbonyl (C=O) groups excluding carboxylic acids is 1. The highest BCUT2D eigenvalue weighted by Crippen LogP contribution is 2.34.